The summed E-state index contributed by atoms with van der Waals surface area (Å²) in [6, 6.07) is 5.18. The molecule has 1 fully saturated rings. The fourth-order valence-electron chi connectivity index (χ4n) is 2.85. The molecule has 3 heterocycles. The zero-order chi connectivity index (χ0) is 20.0. The van der Waals surface area contributed by atoms with E-state index >= 15 is 0 Å². The quantitative estimate of drug-likeness (QED) is 0.517. The van der Waals surface area contributed by atoms with Gasteiger partial charge in [-0.25, -0.2) is 13.1 Å². The molecular weight excluding hydrogens is 400 g/mol. The van der Waals surface area contributed by atoms with Crippen molar-refractivity contribution in [2.45, 2.75) is 30.5 Å². The Hall–Kier alpha value is -2.24. The fourth-order valence-corrected chi connectivity index (χ4v) is 5.22. The van der Waals surface area contributed by atoms with Crippen LogP contribution in [-0.2, 0) is 21.4 Å². The number of aromatic nitrogens is 2. The number of anilines is 2. The first kappa shape index (κ1) is 20.5. The molecule has 0 aromatic carbocycles. The summed E-state index contributed by atoms with van der Waals surface area (Å²) in [4.78, 5) is 14.0. The van der Waals surface area contributed by atoms with Crippen molar-refractivity contribution in [1.82, 2.24) is 20.2 Å². The lowest BCUT2D eigenvalue weighted by Gasteiger charge is -2.17. The fraction of sp³-hybridized carbons (Fsp3) is 0.471. The average molecular weight is 425 g/mol. The number of amides is 1. The normalized spacial score (nSPS) is 14.2. The SMILES string of the molecule is CC(=O)NCc1ccc(S(=O)(=O)NCCNc2cc(N3CCCC3)cnn2)s1. The topological polar surface area (TPSA) is 116 Å². The maximum Gasteiger partial charge on any atom is 0.250 e. The molecule has 11 heteroatoms. The Bertz CT molecular complexity index is 909. The van der Waals surface area contributed by atoms with E-state index in [0.29, 0.717) is 18.9 Å². The molecule has 2 aromatic heterocycles. The number of carbonyl (C=O) groups excluding carboxylic acids is 1. The first-order chi connectivity index (χ1) is 13.4. The summed E-state index contributed by atoms with van der Waals surface area (Å²) < 4.78 is 27.5. The molecule has 3 rings (SSSR count). The van der Waals surface area contributed by atoms with Gasteiger partial charge in [0, 0.05) is 44.0 Å². The van der Waals surface area contributed by atoms with Crippen molar-refractivity contribution in [2.75, 3.05) is 36.4 Å². The Morgan fingerprint density at radius 3 is 2.79 bits per heavy atom. The minimum atomic E-state index is -3.58. The van der Waals surface area contributed by atoms with Crippen LogP contribution in [0.5, 0.6) is 0 Å². The lowest BCUT2D eigenvalue weighted by atomic mass is 10.4. The molecule has 152 valence electrons. The molecule has 0 saturated carbocycles. The van der Waals surface area contributed by atoms with Gasteiger partial charge in [0.15, 0.2) is 5.82 Å². The molecule has 0 atom stereocenters. The van der Waals surface area contributed by atoms with Crippen molar-refractivity contribution in [1.29, 1.82) is 0 Å². The van der Waals surface area contributed by atoms with Crippen molar-refractivity contribution in [3.63, 3.8) is 0 Å². The van der Waals surface area contributed by atoms with E-state index in [2.05, 4.69) is 30.5 Å². The predicted octanol–water partition coefficient (Wildman–Crippen LogP) is 1.16. The number of hydrogen-bond acceptors (Lipinski definition) is 8. The highest BCUT2D eigenvalue weighted by Crippen LogP contribution is 2.22. The third-order valence-corrected chi connectivity index (χ3v) is 7.29. The van der Waals surface area contributed by atoms with Crippen LogP contribution in [0.2, 0.25) is 0 Å². The molecule has 0 radical (unpaired) electrons. The van der Waals surface area contributed by atoms with Gasteiger partial charge in [-0.3, -0.25) is 4.79 Å². The number of nitrogens with zero attached hydrogens (tertiary/aromatic N) is 3. The highest BCUT2D eigenvalue weighted by atomic mass is 32.2. The minimum Gasteiger partial charge on any atom is -0.370 e. The number of carbonyl (C=O) groups is 1. The van der Waals surface area contributed by atoms with Crippen molar-refractivity contribution < 1.29 is 13.2 Å². The molecule has 9 nitrogen and oxygen atoms in total. The largest absolute Gasteiger partial charge is 0.370 e. The molecule has 1 aliphatic rings. The first-order valence-electron chi connectivity index (χ1n) is 9.08. The van der Waals surface area contributed by atoms with Crippen LogP contribution in [0.3, 0.4) is 0 Å². The lowest BCUT2D eigenvalue weighted by molar-refractivity contribution is -0.119. The van der Waals surface area contributed by atoms with Gasteiger partial charge < -0.3 is 15.5 Å². The number of rotatable bonds is 9. The number of hydrogen-bond donors (Lipinski definition) is 3. The zero-order valence-corrected chi connectivity index (χ0v) is 17.3. The summed E-state index contributed by atoms with van der Waals surface area (Å²) in [7, 11) is -3.58. The monoisotopic (exact) mass is 424 g/mol. The Balaban J connectivity index is 1.48. The summed E-state index contributed by atoms with van der Waals surface area (Å²) in [5.41, 5.74) is 1.03. The molecule has 3 N–H and O–H groups in total. The van der Waals surface area contributed by atoms with E-state index < -0.39 is 10.0 Å². The Morgan fingerprint density at radius 2 is 2.04 bits per heavy atom. The van der Waals surface area contributed by atoms with Crippen LogP contribution in [0.15, 0.2) is 28.6 Å². The Morgan fingerprint density at radius 1 is 1.25 bits per heavy atom. The maximum absolute atomic E-state index is 12.4. The minimum absolute atomic E-state index is 0.154. The van der Waals surface area contributed by atoms with Crippen LogP contribution in [0.1, 0.15) is 24.6 Å². The molecule has 0 spiro atoms. The van der Waals surface area contributed by atoms with Crippen molar-refractivity contribution >= 4 is 38.8 Å². The summed E-state index contributed by atoms with van der Waals surface area (Å²) in [5.74, 6) is 0.469. The highest BCUT2D eigenvalue weighted by molar-refractivity contribution is 7.91. The lowest BCUT2D eigenvalue weighted by Crippen LogP contribution is -2.28. The Labute approximate surface area is 168 Å². The second-order valence-electron chi connectivity index (χ2n) is 6.45. The molecule has 1 saturated heterocycles. The van der Waals surface area contributed by atoms with Gasteiger partial charge in [0.05, 0.1) is 18.4 Å². The molecule has 2 aromatic rings. The Kier molecular flexibility index (Phi) is 6.81. The third kappa shape index (κ3) is 5.63. The standard InChI is InChI=1S/C17H24N6O3S2/c1-13(24)19-12-15-4-5-17(27-15)28(25,26)21-7-6-18-16-10-14(11-20-22-16)23-8-2-3-9-23/h4-5,10-11,21H,2-3,6-9,12H2,1H3,(H,18,22)(H,19,24). The van der Waals surface area contributed by atoms with Gasteiger partial charge in [0.1, 0.15) is 4.21 Å². The molecule has 0 unspecified atom stereocenters. The maximum atomic E-state index is 12.4. The molecule has 0 bridgehead atoms. The van der Waals surface area contributed by atoms with Crippen LogP contribution < -0.4 is 20.3 Å². The summed E-state index contributed by atoms with van der Waals surface area (Å²) in [6.07, 6.45) is 4.11. The van der Waals surface area contributed by atoms with E-state index in [1.807, 2.05) is 6.07 Å². The van der Waals surface area contributed by atoms with Crippen molar-refractivity contribution in [3.05, 3.63) is 29.3 Å². The van der Waals surface area contributed by atoms with Crippen molar-refractivity contribution in [2.24, 2.45) is 0 Å². The smallest absolute Gasteiger partial charge is 0.250 e. The van der Waals surface area contributed by atoms with E-state index in [-0.39, 0.29) is 16.7 Å². The molecule has 28 heavy (non-hydrogen) atoms. The second kappa shape index (κ2) is 9.30. The highest BCUT2D eigenvalue weighted by Gasteiger charge is 2.17. The van der Waals surface area contributed by atoms with E-state index in [1.54, 1.807) is 18.3 Å². The molecular formula is C17H24N6O3S2. The van der Waals surface area contributed by atoms with E-state index in [4.69, 9.17) is 0 Å². The van der Waals surface area contributed by atoms with Crippen LogP contribution in [0.25, 0.3) is 0 Å². The van der Waals surface area contributed by atoms with Crippen LogP contribution in [-0.4, -0.2) is 50.7 Å². The number of nitrogens with one attached hydrogen (secondary N) is 3. The molecule has 0 aliphatic carbocycles. The van der Waals surface area contributed by atoms with Gasteiger partial charge in [-0.05, 0) is 25.0 Å². The van der Waals surface area contributed by atoms with Gasteiger partial charge in [-0.2, -0.15) is 5.10 Å². The van der Waals surface area contributed by atoms with E-state index in [9.17, 15) is 13.2 Å². The van der Waals surface area contributed by atoms with Crippen molar-refractivity contribution in [3.8, 4) is 0 Å². The summed E-state index contributed by atoms with van der Waals surface area (Å²) in [6.45, 7) is 4.40. The first-order valence-corrected chi connectivity index (χ1v) is 11.4. The average Bonchev–Trinajstić information content (AvgIpc) is 3.36. The van der Waals surface area contributed by atoms with Crippen LogP contribution >= 0.6 is 11.3 Å². The van der Waals surface area contributed by atoms with Gasteiger partial charge >= 0.3 is 0 Å². The molecule has 1 aliphatic heterocycles. The number of thiophene rings is 1. The summed E-state index contributed by atoms with van der Waals surface area (Å²) >= 11 is 1.14. The summed E-state index contributed by atoms with van der Waals surface area (Å²) in [5, 5.41) is 13.8. The van der Waals surface area contributed by atoms with Gasteiger partial charge in [-0.15, -0.1) is 16.4 Å². The van der Waals surface area contributed by atoms with E-state index in [1.165, 1.54) is 19.8 Å². The van der Waals surface area contributed by atoms with Gasteiger partial charge in [0.2, 0.25) is 15.9 Å². The van der Waals surface area contributed by atoms with Gasteiger partial charge in [-0.1, -0.05) is 0 Å². The van der Waals surface area contributed by atoms with Crippen LogP contribution in [0.4, 0.5) is 11.5 Å². The zero-order valence-electron chi connectivity index (χ0n) is 15.6. The number of sulfonamides is 1. The third-order valence-electron chi connectivity index (χ3n) is 4.25. The molecule has 1 amide bonds. The van der Waals surface area contributed by atoms with Gasteiger partial charge in [0.25, 0.3) is 0 Å². The van der Waals surface area contributed by atoms with E-state index in [0.717, 1.165) is 35.0 Å². The second-order valence-corrected chi connectivity index (χ2v) is 9.61. The predicted molar refractivity (Wildman–Crippen MR) is 109 cm³/mol. The van der Waals surface area contributed by atoms with Crippen LogP contribution in [0, 0.1) is 0 Å².